The molecule has 2 aliphatic rings. The summed E-state index contributed by atoms with van der Waals surface area (Å²) >= 11 is 0. The van der Waals surface area contributed by atoms with Crippen LogP contribution in [0.2, 0.25) is 0 Å². The maximum absolute atomic E-state index is 13.7. The summed E-state index contributed by atoms with van der Waals surface area (Å²) in [5.41, 5.74) is -1.53. The molecule has 3 heteroatoms. The summed E-state index contributed by atoms with van der Waals surface area (Å²) in [5.74, 6) is 0.403. The molecule has 2 rings (SSSR count). The Kier molecular flexibility index (Phi) is 3.16. The minimum atomic E-state index is -1.12. The predicted octanol–water partition coefficient (Wildman–Crippen LogP) is 3.55. The molecule has 0 radical (unpaired) electrons. The van der Waals surface area contributed by atoms with E-state index < -0.39 is 11.2 Å². The summed E-state index contributed by atoms with van der Waals surface area (Å²) in [5, 5.41) is 0. The molecule has 0 atom stereocenters. The fourth-order valence-corrected chi connectivity index (χ4v) is 3.59. The standard InChI is InChI=1S/C13H20FNO/c1-12(14)8-13(9-12,15-10-16)11-6-4-2-3-5-7-11/h11H,2-9H2,1H3. The van der Waals surface area contributed by atoms with Crippen molar-refractivity contribution < 1.29 is 9.18 Å². The lowest BCUT2D eigenvalue weighted by molar-refractivity contribution is -0.0304. The highest BCUT2D eigenvalue weighted by Gasteiger charge is 2.56. The highest BCUT2D eigenvalue weighted by atomic mass is 19.1. The van der Waals surface area contributed by atoms with Gasteiger partial charge in [-0.15, -0.1) is 0 Å². The molecule has 2 saturated carbocycles. The zero-order chi connectivity index (χ0) is 11.6. The van der Waals surface area contributed by atoms with Crippen LogP contribution in [0.15, 0.2) is 4.99 Å². The highest BCUT2D eigenvalue weighted by Crippen LogP contribution is 2.53. The van der Waals surface area contributed by atoms with E-state index in [4.69, 9.17) is 0 Å². The third-order valence-electron chi connectivity index (χ3n) is 4.23. The SMILES string of the molecule is CC1(F)CC(N=C=O)(C2CCCCCC2)C1. The van der Waals surface area contributed by atoms with E-state index in [1.807, 2.05) is 0 Å². The van der Waals surface area contributed by atoms with Crippen LogP contribution in [0.1, 0.15) is 58.3 Å². The number of isocyanates is 1. The van der Waals surface area contributed by atoms with Gasteiger partial charge in [-0.25, -0.2) is 9.18 Å². The van der Waals surface area contributed by atoms with Crippen molar-refractivity contribution in [1.82, 2.24) is 0 Å². The summed E-state index contributed by atoms with van der Waals surface area (Å²) < 4.78 is 13.7. The molecule has 0 aromatic rings. The first-order valence-corrected chi connectivity index (χ1v) is 6.36. The molecule has 0 aliphatic heterocycles. The number of alkyl halides is 1. The molecule has 0 saturated heterocycles. The van der Waals surface area contributed by atoms with Crippen molar-refractivity contribution >= 4 is 6.08 Å². The van der Waals surface area contributed by atoms with Gasteiger partial charge in [0.05, 0.1) is 5.54 Å². The topological polar surface area (TPSA) is 29.4 Å². The molecular weight excluding hydrogens is 205 g/mol. The molecule has 0 amide bonds. The van der Waals surface area contributed by atoms with Crippen LogP contribution in [0, 0.1) is 5.92 Å². The van der Waals surface area contributed by atoms with Gasteiger partial charge in [0.25, 0.3) is 0 Å². The zero-order valence-electron chi connectivity index (χ0n) is 9.97. The second kappa shape index (κ2) is 4.29. The monoisotopic (exact) mass is 225 g/mol. The first-order chi connectivity index (χ1) is 7.58. The van der Waals surface area contributed by atoms with E-state index in [9.17, 15) is 9.18 Å². The molecule has 16 heavy (non-hydrogen) atoms. The van der Waals surface area contributed by atoms with Crippen LogP contribution in [0.4, 0.5) is 4.39 Å². The Morgan fingerprint density at radius 2 is 1.75 bits per heavy atom. The largest absolute Gasteiger partial charge is 0.244 e. The van der Waals surface area contributed by atoms with Crippen molar-refractivity contribution in [3.8, 4) is 0 Å². The molecule has 2 aliphatic carbocycles. The van der Waals surface area contributed by atoms with Crippen LogP contribution < -0.4 is 0 Å². The Hall–Kier alpha value is -0.690. The number of hydrogen-bond donors (Lipinski definition) is 0. The zero-order valence-corrected chi connectivity index (χ0v) is 9.97. The molecule has 0 bridgehead atoms. The molecule has 2 nitrogen and oxygen atoms in total. The van der Waals surface area contributed by atoms with Gasteiger partial charge in [-0.05, 0) is 25.7 Å². The quantitative estimate of drug-likeness (QED) is 0.401. The first-order valence-electron chi connectivity index (χ1n) is 6.36. The lowest BCUT2D eigenvalue weighted by Crippen LogP contribution is -2.55. The Balaban J connectivity index is 2.10. The average molecular weight is 225 g/mol. The maximum atomic E-state index is 13.7. The lowest BCUT2D eigenvalue weighted by atomic mass is 9.59. The molecular formula is C13H20FNO. The van der Waals surface area contributed by atoms with Crippen molar-refractivity contribution in [1.29, 1.82) is 0 Å². The number of aliphatic imine (C=N–C) groups is 1. The van der Waals surface area contributed by atoms with Gasteiger partial charge in [-0.3, -0.25) is 0 Å². The fraction of sp³-hybridized carbons (Fsp3) is 0.923. The lowest BCUT2D eigenvalue weighted by Gasteiger charge is -2.50. The predicted molar refractivity (Wildman–Crippen MR) is 60.8 cm³/mol. The van der Waals surface area contributed by atoms with Gasteiger partial charge in [0.15, 0.2) is 0 Å². The molecule has 0 spiro atoms. The summed E-state index contributed by atoms with van der Waals surface area (Å²) in [7, 11) is 0. The number of hydrogen-bond acceptors (Lipinski definition) is 2. The van der Waals surface area contributed by atoms with E-state index in [1.54, 1.807) is 13.0 Å². The summed E-state index contributed by atoms with van der Waals surface area (Å²) in [6.45, 7) is 1.61. The minimum Gasteiger partial charge on any atom is -0.244 e. The van der Waals surface area contributed by atoms with E-state index in [0.717, 1.165) is 12.8 Å². The van der Waals surface area contributed by atoms with Crippen molar-refractivity contribution in [2.75, 3.05) is 0 Å². The van der Waals surface area contributed by atoms with E-state index in [-0.39, 0.29) is 0 Å². The van der Waals surface area contributed by atoms with Gasteiger partial charge in [0.2, 0.25) is 6.08 Å². The highest BCUT2D eigenvalue weighted by molar-refractivity contribution is 5.37. The van der Waals surface area contributed by atoms with E-state index in [2.05, 4.69) is 4.99 Å². The second-order valence-electron chi connectivity index (χ2n) is 5.76. The third-order valence-corrected chi connectivity index (χ3v) is 4.23. The summed E-state index contributed by atoms with van der Waals surface area (Å²) in [6, 6.07) is 0. The van der Waals surface area contributed by atoms with Crippen LogP contribution in [-0.2, 0) is 4.79 Å². The van der Waals surface area contributed by atoms with Crippen molar-refractivity contribution in [2.45, 2.75) is 69.5 Å². The average Bonchev–Trinajstić information content (AvgIpc) is 2.42. The molecule has 2 fully saturated rings. The van der Waals surface area contributed by atoms with Crippen molar-refractivity contribution in [3.05, 3.63) is 0 Å². The van der Waals surface area contributed by atoms with Gasteiger partial charge in [-0.1, -0.05) is 25.7 Å². The maximum Gasteiger partial charge on any atom is 0.235 e. The van der Waals surface area contributed by atoms with Crippen LogP contribution in [0.3, 0.4) is 0 Å². The van der Waals surface area contributed by atoms with Gasteiger partial charge in [0, 0.05) is 12.8 Å². The molecule has 0 N–H and O–H groups in total. The smallest absolute Gasteiger partial charge is 0.235 e. The Bertz CT molecular complexity index is 291. The molecule has 0 aromatic carbocycles. The third kappa shape index (κ3) is 2.20. The Morgan fingerprint density at radius 3 is 2.19 bits per heavy atom. The fourth-order valence-electron chi connectivity index (χ4n) is 3.59. The molecule has 0 aromatic heterocycles. The van der Waals surface area contributed by atoms with Crippen molar-refractivity contribution in [2.24, 2.45) is 10.9 Å². The Labute approximate surface area is 96.3 Å². The number of nitrogens with zero attached hydrogens (tertiary/aromatic N) is 1. The number of carbonyl (C=O) groups excluding carboxylic acids is 1. The van der Waals surface area contributed by atoms with Gasteiger partial charge >= 0.3 is 0 Å². The molecule has 0 heterocycles. The molecule has 0 unspecified atom stereocenters. The van der Waals surface area contributed by atoms with Crippen LogP contribution in [0.25, 0.3) is 0 Å². The second-order valence-corrected chi connectivity index (χ2v) is 5.76. The Morgan fingerprint density at radius 1 is 1.19 bits per heavy atom. The first kappa shape index (κ1) is 11.8. The minimum absolute atomic E-state index is 0.403. The number of rotatable bonds is 2. The van der Waals surface area contributed by atoms with Gasteiger partial charge in [0.1, 0.15) is 5.67 Å². The van der Waals surface area contributed by atoms with Crippen molar-refractivity contribution in [3.63, 3.8) is 0 Å². The summed E-state index contributed by atoms with van der Waals surface area (Å²) in [6.07, 6.45) is 9.64. The van der Waals surface area contributed by atoms with Gasteiger partial charge < -0.3 is 0 Å². The van der Waals surface area contributed by atoms with Crippen LogP contribution in [0.5, 0.6) is 0 Å². The van der Waals surface area contributed by atoms with Crippen LogP contribution >= 0.6 is 0 Å². The normalized spacial score (nSPS) is 40.6. The van der Waals surface area contributed by atoms with E-state index >= 15 is 0 Å². The van der Waals surface area contributed by atoms with E-state index in [0.29, 0.717) is 18.8 Å². The van der Waals surface area contributed by atoms with Crippen LogP contribution in [-0.4, -0.2) is 17.3 Å². The molecule has 90 valence electrons. The van der Waals surface area contributed by atoms with E-state index in [1.165, 1.54) is 25.7 Å². The number of halogens is 1. The summed E-state index contributed by atoms with van der Waals surface area (Å²) in [4.78, 5) is 14.5. The van der Waals surface area contributed by atoms with Gasteiger partial charge in [-0.2, -0.15) is 4.99 Å².